The number of benzene rings is 1. The van der Waals surface area contributed by atoms with Gasteiger partial charge in [-0.3, -0.25) is 0 Å². The van der Waals surface area contributed by atoms with Gasteiger partial charge in [0, 0.05) is 36.1 Å². The molecule has 0 amide bonds. The first kappa shape index (κ1) is 18.7. The van der Waals surface area contributed by atoms with Gasteiger partial charge in [-0.2, -0.15) is 13.8 Å². The zero-order valence-corrected chi connectivity index (χ0v) is 16.5. The van der Waals surface area contributed by atoms with E-state index >= 15 is 0 Å². The lowest BCUT2D eigenvalue weighted by molar-refractivity contribution is -0.233. The number of anilines is 1. The SMILES string of the molecule is CC(O)C(F)(F)Oc1ccc(-c2cscn2)c2oc(N3CC4CCC(C3)N4)nc12. The molecule has 0 saturated carbocycles. The Morgan fingerprint density at radius 3 is 2.76 bits per heavy atom. The molecule has 5 rings (SSSR count). The molecule has 10 heteroatoms. The van der Waals surface area contributed by atoms with Crippen molar-refractivity contribution in [2.24, 2.45) is 0 Å². The van der Waals surface area contributed by atoms with Crippen LogP contribution in [0.5, 0.6) is 5.75 Å². The molecule has 3 unspecified atom stereocenters. The topological polar surface area (TPSA) is 83.7 Å². The average molecular weight is 422 g/mol. The Balaban J connectivity index is 1.59. The van der Waals surface area contributed by atoms with Crippen LogP contribution in [0.2, 0.25) is 0 Å². The lowest BCUT2D eigenvalue weighted by atomic mass is 10.1. The average Bonchev–Trinajstić information content (AvgIpc) is 3.42. The summed E-state index contributed by atoms with van der Waals surface area (Å²) in [6.45, 7) is 2.47. The number of thiazole rings is 1. The lowest BCUT2D eigenvalue weighted by Crippen LogP contribution is -2.51. The molecule has 3 aromatic rings. The monoisotopic (exact) mass is 422 g/mol. The number of aromatic nitrogens is 2. The Morgan fingerprint density at radius 2 is 2.10 bits per heavy atom. The predicted molar refractivity (Wildman–Crippen MR) is 105 cm³/mol. The summed E-state index contributed by atoms with van der Waals surface area (Å²) < 4.78 is 39.0. The lowest BCUT2D eigenvalue weighted by Gasteiger charge is -2.31. The Hall–Kier alpha value is -2.30. The molecule has 2 saturated heterocycles. The van der Waals surface area contributed by atoms with Crippen LogP contribution in [0, 0.1) is 0 Å². The highest BCUT2D eigenvalue weighted by atomic mass is 32.1. The van der Waals surface area contributed by atoms with Crippen LogP contribution in [0.15, 0.2) is 27.4 Å². The first-order valence-electron chi connectivity index (χ1n) is 9.48. The standard InChI is InChI=1S/C19H20F2N4O3S/c1-10(26)19(20,21)28-15-5-4-13(14-8-29-9-22-14)17-16(15)24-18(27-17)25-6-11-2-3-12(7-25)23-11/h4-5,8-12,23,26H,2-3,6-7H2,1H3. The van der Waals surface area contributed by atoms with E-state index < -0.39 is 12.2 Å². The molecule has 2 bridgehead atoms. The van der Waals surface area contributed by atoms with Gasteiger partial charge < -0.3 is 24.5 Å². The van der Waals surface area contributed by atoms with Crippen LogP contribution in [0.4, 0.5) is 14.8 Å². The zero-order chi connectivity index (χ0) is 20.2. The minimum Gasteiger partial charge on any atom is -0.428 e. The quantitative estimate of drug-likeness (QED) is 0.653. The largest absolute Gasteiger partial charge is 0.428 e. The summed E-state index contributed by atoms with van der Waals surface area (Å²) in [7, 11) is 0. The number of hydrogen-bond acceptors (Lipinski definition) is 8. The van der Waals surface area contributed by atoms with Gasteiger partial charge in [-0.05, 0) is 31.9 Å². The van der Waals surface area contributed by atoms with Crippen molar-refractivity contribution in [3.63, 3.8) is 0 Å². The Labute approximate surface area is 169 Å². The van der Waals surface area contributed by atoms with E-state index in [1.807, 2.05) is 10.3 Å². The van der Waals surface area contributed by atoms with Crippen molar-refractivity contribution in [3.8, 4) is 17.0 Å². The van der Waals surface area contributed by atoms with Gasteiger partial charge in [0.2, 0.25) is 0 Å². The van der Waals surface area contributed by atoms with Gasteiger partial charge in [-0.15, -0.1) is 11.3 Å². The van der Waals surface area contributed by atoms with Gasteiger partial charge in [-0.25, -0.2) is 4.98 Å². The van der Waals surface area contributed by atoms with E-state index in [1.54, 1.807) is 11.6 Å². The number of alkyl halides is 2. The molecule has 154 valence electrons. The third-order valence-electron chi connectivity index (χ3n) is 5.42. The van der Waals surface area contributed by atoms with Crippen LogP contribution < -0.4 is 15.0 Å². The molecule has 0 aliphatic carbocycles. The summed E-state index contributed by atoms with van der Waals surface area (Å²) in [6.07, 6.45) is -3.52. The maximum atomic E-state index is 14.0. The molecular formula is C19H20F2N4O3S. The highest BCUT2D eigenvalue weighted by Gasteiger charge is 2.40. The summed E-state index contributed by atoms with van der Waals surface area (Å²) in [6, 6.07) is 4.17. The van der Waals surface area contributed by atoms with E-state index in [0.717, 1.165) is 32.9 Å². The number of ether oxygens (including phenoxy) is 1. The number of nitrogens with zero attached hydrogens (tertiary/aromatic N) is 3. The van der Waals surface area contributed by atoms with Gasteiger partial charge in [0.25, 0.3) is 6.01 Å². The highest BCUT2D eigenvalue weighted by Crippen LogP contribution is 2.39. The fourth-order valence-corrected chi connectivity index (χ4v) is 4.47. The number of rotatable bonds is 5. The Morgan fingerprint density at radius 1 is 1.34 bits per heavy atom. The molecule has 2 fully saturated rings. The second-order valence-corrected chi connectivity index (χ2v) is 8.26. The molecule has 0 spiro atoms. The number of hydrogen-bond donors (Lipinski definition) is 2. The zero-order valence-electron chi connectivity index (χ0n) is 15.6. The highest BCUT2D eigenvalue weighted by molar-refractivity contribution is 7.07. The van der Waals surface area contributed by atoms with E-state index in [0.29, 0.717) is 34.9 Å². The van der Waals surface area contributed by atoms with E-state index in [4.69, 9.17) is 9.15 Å². The molecule has 4 heterocycles. The fourth-order valence-electron chi connectivity index (χ4n) is 3.92. The van der Waals surface area contributed by atoms with Crippen molar-refractivity contribution in [1.29, 1.82) is 0 Å². The smallest absolute Gasteiger partial charge is 0.424 e. The summed E-state index contributed by atoms with van der Waals surface area (Å²) in [5.74, 6) is -0.141. The molecule has 7 nitrogen and oxygen atoms in total. The van der Waals surface area contributed by atoms with Gasteiger partial charge in [0.05, 0.1) is 11.2 Å². The number of aliphatic hydroxyl groups excluding tert-OH is 1. The molecule has 2 aliphatic rings. The Bertz CT molecular complexity index is 1010. The molecule has 1 aromatic carbocycles. The minimum absolute atomic E-state index is 0.141. The normalized spacial score (nSPS) is 23.0. The number of fused-ring (bicyclic) bond motifs is 3. The van der Waals surface area contributed by atoms with Crippen molar-refractivity contribution < 1.29 is 23.0 Å². The van der Waals surface area contributed by atoms with Gasteiger partial charge in [0.1, 0.15) is 0 Å². The second-order valence-electron chi connectivity index (χ2n) is 7.54. The molecular weight excluding hydrogens is 402 g/mol. The third-order valence-corrected chi connectivity index (χ3v) is 6.01. The minimum atomic E-state index is -3.75. The van der Waals surface area contributed by atoms with Crippen molar-refractivity contribution in [2.75, 3.05) is 18.0 Å². The number of piperazine rings is 1. The summed E-state index contributed by atoms with van der Waals surface area (Å²) in [5, 5.41) is 14.7. The molecule has 2 aromatic heterocycles. The van der Waals surface area contributed by atoms with Crippen LogP contribution >= 0.6 is 11.3 Å². The number of halogens is 2. The van der Waals surface area contributed by atoms with Crippen LogP contribution in [-0.2, 0) is 0 Å². The third kappa shape index (κ3) is 3.34. The van der Waals surface area contributed by atoms with Crippen molar-refractivity contribution in [3.05, 3.63) is 23.0 Å². The van der Waals surface area contributed by atoms with Gasteiger partial charge in [-0.1, -0.05) is 0 Å². The van der Waals surface area contributed by atoms with Crippen molar-refractivity contribution in [2.45, 2.75) is 44.1 Å². The van der Waals surface area contributed by atoms with E-state index in [9.17, 15) is 13.9 Å². The van der Waals surface area contributed by atoms with Crippen molar-refractivity contribution in [1.82, 2.24) is 15.3 Å². The molecule has 2 aliphatic heterocycles. The van der Waals surface area contributed by atoms with Crippen LogP contribution in [-0.4, -0.2) is 52.5 Å². The summed E-state index contributed by atoms with van der Waals surface area (Å²) >= 11 is 1.43. The van der Waals surface area contributed by atoms with Crippen LogP contribution in [0.3, 0.4) is 0 Å². The molecule has 0 radical (unpaired) electrons. The van der Waals surface area contributed by atoms with Crippen LogP contribution in [0.1, 0.15) is 19.8 Å². The number of nitrogens with one attached hydrogen (secondary N) is 1. The fraction of sp³-hybridized carbons (Fsp3) is 0.474. The van der Waals surface area contributed by atoms with Gasteiger partial charge in [0.15, 0.2) is 23.0 Å². The predicted octanol–water partition coefficient (Wildman–Crippen LogP) is 3.24. The number of oxazole rings is 1. The first-order chi connectivity index (χ1) is 13.9. The Kier molecular flexibility index (Phi) is 4.45. The molecule has 3 atom stereocenters. The first-order valence-corrected chi connectivity index (χ1v) is 10.4. The van der Waals surface area contributed by atoms with E-state index in [2.05, 4.69) is 15.3 Å². The summed E-state index contributed by atoms with van der Waals surface area (Å²) in [4.78, 5) is 10.9. The molecule has 29 heavy (non-hydrogen) atoms. The maximum absolute atomic E-state index is 14.0. The van der Waals surface area contributed by atoms with Crippen LogP contribution in [0.25, 0.3) is 22.4 Å². The molecule has 2 N–H and O–H groups in total. The van der Waals surface area contributed by atoms with Crippen molar-refractivity contribution >= 4 is 28.5 Å². The van der Waals surface area contributed by atoms with E-state index in [-0.39, 0.29) is 11.3 Å². The maximum Gasteiger partial charge on any atom is 0.424 e. The number of aliphatic hydroxyl groups is 1. The van der Waals surface area contributed by atoms with E-state index in [1.165, 1.54) is 17.4 Å². The summed E-state index contributed by atoms with van der Waals surface area (Å²) in [5.41, 5.74) is 3.56. The second kappa shape index (κ2) is 6.89. The van der Waals surface area contributed by atoms with Gasteiger partial charge >= 0.3 is 6.11 Å².